The Morgan fingerprint density at radius 1 is 1.10 bits per heavy atom. The second-order valence-corrected chi connectivity index (χ2v) is 9.05. The van der Waals surface area contributed by atoms with E-state index >= 15 is 0 Å². The lowest BCUT2D eigenvalue weighted by molar-refractivity contribution is 0.102. The highest BCUT2D eigenvalue weighted by Gasteiger charge is 2.25. The smallest absolute Gasteiger partial charge is 0.255 e. The summed E-state index contributed by atoms with van der Waals surface area (Å²) >= 11 is 6.03. The van der Waals surface area contributed by atoms with Crippen LogP contribution in [0.5, 0.6) is 0 Å². The molecule has 0 aliphatic carbocycles. The number of sulfonamides is 1. The lowest BCUT2D eigenvalue weighted by atomic mass is 10.1. The molecule has 0 bridgehead atoms. The predicted octanol–water partition coefficient (Wildman–Crippen LogP) is 3.31. The molecule has 2 aromatic carbocycles. The summed E-state index contributed by atoms with van der Waals surface area (Å²) in [6.45, 7) is 0.0517. The van der Waals surface area contributed by atoms with Gasteiger partial charge in [0, 0.05) is 43.3 Å². The number of rotatable bonds is 7. The van der Waals surface area contributed by atoms with Crippen molar-refractivity contribution in [2.75, 3.05) is 18.9 Å². The molecule has 3 N–H and O–H groups in total. The molecule has 1 amide bonds. The first-order valence-corrected chi connectivity index (χ1v) is 10.9. The number of anilines is 1. The first kappa shape index (κ1) is 21.9. The van der Waals surface area contributed by atoms with Gasteiger partial charge in [0.2, 0.25) is 10.0 Å². The second-order valence-electron chi connectivity index (χ2n) is 6.63. The highest BCUT2D eigenvalue weighted by molar-refractivity contribution is 7.89. The van der Waals surface area contributed by atoms with Gasteiger partial charge in [-0.05, 0) is 42.0 Å². The van der Waals surface area contributed by atoms with Gasteiger partial charge in [-0.15, -0.1) is 0 Å². The number of hydrogen-bond donors (Lipinski definition) is 2. The fourth-order valence-electron chi connectivity index (χ4n) is 2.82. The van der Waals surface area contributed by atoms with E-state index in [1.807, 2.05) is 0 Å². The van der Waals surface area contributed by atoms with E-state index in [0.29, 0.717) is 16.8 Å². The molecule has 0 radical (unpaired) electrons. The maximum Gasteiger partial charge on any atom is 0.255 e. The highest BCUT2D eigenvalue weighted by Crippen LogP contribution is 2.24. The number of pyridine rings is 1. The normalized spacial score (nSPS) is 12.5. The van der Waals surface area contributed by atoms with Crippen molar-refractivity contribution < 1.29 is 13.2 Å². The van der Waals surface area contributed by atoms with Gasteiger partial charge >= 0.3 is 0 Å². The zero-order chi connectivity index (χ0) is 21.7. The minimum atomic E-state index is -3.78. The van der Waals surface area contributed by atoms with E-state index in [2.05, 4.69) is 10.3 Å². The molecular formula is C21H21ClN4O3S. The number of carbonyl (C=O) groups excluding carboxylic acids is 1. The van der Waals surface area contributed by atoms with E-state index in [4.69, 9.17) is 17.3 Å². The van der Waals surface area contributed by atoms with Crippen molar-refractivity contribution in [1.29, 1.82) is 0 Å². The minimum absolute atomic E-state index is 0.0319. The number of benzene rings is 2. The van der Waals surface area contributed by atoms with Gasteiger partial charge in [-0.2, -0.15) is 4.31 Å². The summed E-state index contributed by atoms with van der Waals surface area (Å²) in [6.07, 6.45) is 3.18. The number of amides is 1. The Kier molecular flexibility index (Phi) is 6.84. The maximum atomic E-state index is 12.8. The molecule has 9 heteroatoms. The molecule has 1 unspecified atom stereocenters. The van der Waals surface area contributed by atoms with Crippen LogP contribution in [-0.4, -0.2) is 37.2 Å². The molecule has 156 valence electrons. The van der Waals surface area contributed by atoms with Gasteiger partial charge in [-0.25, -0.2) is 8.42 Å². The molecule has 0 aliphatic rings. The molecule has 1 atom stereocenters. The Morgan fingerprint density at radius 3 is 2.37 bits per heavy atom. The summed E-state index contributed by atoms with van der Waals surface area (Å²) in [7, 11) is -2.32. The quantitative estimate of drug-likeness (QED) is 0.581. The van der Waals surface area contributed by atoms with Crippen LogP contribution in [0.25, 0.3) is 0 Å². The topological polar surface area (TPSA) is 105 Å². The first-order chi connectivity index (χ1) is 14.3. The monoisotopic (exact) mass is 444 g/mol. The van der Waals surface area contributed by atoms with Gasteiger partial charge < -0.3 is 11.1 Å². The van der Waals surface area contributed by atoms with Crippen LogP contribution in [0.2, 0.25) is 5.02 Å². The van der Waals surface area contributed by atoms with Crippen LogP contribution in [0.1, 0.15) is 22.0 Å². The number of hydrogen-bond acceptors (Lipinski definition) is 5. The van der Waals surface area contributed by atoms with Crippen LogP contribution < -0.4 is 11.1 Å². The SMILES string of the molecule is CN(CC(N)c1ccc(C(=O)Nc2ccncc2)cc1)S(=O)(=O)c1ccccc1Cl. The minimum Gasteiger partial charge on any atom is -0.323 e. The van der Waals surface area contributed by atoms with Crippen LogP contribution in [0.3, 0.4) is 0 Å². The highest BCUT2D eigenvalue weighted by atomic mass is 35.5. The fourth-order valence-corrected chi connectivity index (χ4v) is 4.51. The predicted molar refractivity (Wildman–Crippen MR) is 117 cm³/mol. The standard InChI is InChI=1S/C21H21ClN4O3S/c1-26(30(28,29)20-5-3-2-4-18(20)22)14-19(23)15-6-8-16(9-7-15)21(27)25-17-10-12-24-13-11-17/h2-13,19H,14,23H2,1H3,(H,24,25,27). The molecule has 3 rings (SSSR count). The van der Waals surface area contributed by atoms with Crippen LogP contribution in [0.15, 0.2) is 78.0 Å². The van der Waals surface area contributed by atoms with E-state index in [1.54, 1.807) is 60.9 Å². The zero-order valence-corrected chi connectivity index (χ0v) is 17.8. The molecule has 1 heterocycles. The van der Waals surface area contributed by atoms with Crippen molar-refractivity contribution in [1.82, 2.24) is 9.29 Å². The average Bonchev–Trinajstić information content (AvgIpc) is 2.74. The summed E-state index contributed by atoms with van der Waals surface area (Å²) in [4.78, 5) is 16.3. The number of carbonyl (C=O) groups is 1. The van der Waals surface area contributed by atoms with Crippen molar-refractivity contribution in [3.8, 4) is 0 Å². The van der Waals surface area contributed by atoms with E-state index in [9.17, 15) is 13.2 Å². The Hall–Kier alpha value is -2.78. The van der Waals surface area contributed by atoms with Crippen molar-refractivity contribution in [3.05, 3.63) is 89.2 Å². The lowest BCUT2D eigenvalue weighted by Gasteiger charge is -2.22. The van der Waals surface area contributed by atoms with Gasteiger partial charge in [0.25, 0.3) is 5.91 Å². The Morgan fingerprint density at radius 2 is 1.73 bits per heavy atom. The van der Waals surface area contributed by atoms with Gasteiger partial charge in [0.15, 0.2) is 0 Å². The summed E-state index contributed by atoms with van der Waals surface area (Å²) in [5.74, 6) is -0.264. The number of nitrogens with two attached hydrogens (primary N) is 1. The fraction of sp³-hybridized carbons (Fsp3) is 0.143. The van der Waals surface area contributed by atoms with Gasteiger partial charge in [-0.1, -0.05) is 35.9 Å². The molecule has 0 saturated heterocycles. The van der Waals surface area contributed by atoms with Crippen LogP contribution in [0.4, 0.5) is 5.69 Å². The summed E-state index contributed by atoms with van der Waals surface area (Å²) in [5.41, 5.74) is 8.02. The number of aromatic nitrogens is 1. The summed E-state index contributed by atoms with van der Waals surface area (Å²) in [5, 5.41) is 2.93. The Balaban J connectivity index is 1.68. The van der Waals surface area contributed by atoms with Crippen LogP contribution in [-0.2, 0) is 10.0 Å². The third-order valence-electron chi connectivity index (χ3n) is 4.52. The molecule has 7 nitrogen and oxygen atoms in total. The average molecular weight is 445 g/mol. The van der Waals surface area contributed by atoms with E-state index < -0.39 is 16.1 Å². The Bertz CT molecular complexity index is 1120. The van der Waals surface area contributed by atoms with Crippen LogP contribution >= 0.6 is 11.6 Å². The second kappa shape index (κ2) is 9.36. The molecular weight excluding hydrogens is 424 g/mol. The number of nitrogens with one attached hydrogen (secondary N) is 1. The number of nitrogens with zero attached hydrogens (tertiary/aromatic N) is 2. The van der Waals surface area contributed by atoms with Gasteiger partial charge in [-0.3, -0.25) is 9.78 Å². The van der Waals surface area contributed by atoms with Crippen LogP contribution in [0, 0.1) is 0 Å². The van der Waals surface area contributed by atoms with Crippen molar-refractivity contribution in [3.63, 3.8) is 0 Å². The molecule has 0 saturated carbocycles. The van der Waals surface area contributed by atoms with E-state index in [0.717, 1.165) is 0 Å². The maximum absolute atomic E-state index is 12.8. The van der Waals surface area contributed by atoms with Crippen molar-refractivity contribution in [2.24, 2.45) is 5.73 Å². The molecule has 0 spiro atoms. The lowest BCUT2D eigenvalue weighted by Crippen LogP contribution is -2.34. The third kappa shape index (κ3) is 5.03. The largest absolute Gasteiger partial charge is 0.323 e. The molecule has 0 fully saturated rings. The van der Waals surface area contributed by atoms with Crippen molar-refractivity contribution in [2.45, 2.75) is 10.9 Å². The summed E-state index contributed by atoms with van der Waals surface area (Å²) < 4.78 is 26.7. The van der Waals surface area contributed by atoms with Gasteiger partial charge in [0.1, 0.15) is 4.90 Å². The summed E-state index contributed by atoms with van der Waals surface area (Å²) in [6, 6.07) is 15.8. The molecule has 0 aliphatic heterocycles. The first-order valence-electron chi connectivity index (χ1n) is 9.07. The van der Waals surface area contributed by atoms with Crippen molar-refractivity contribution >= 4 is 33.2 Å². The van der Waals surface area contributed by atoms with Gasteiger partial charge in [0.05, 0.1) is 5.02 Å². The third-order valence-corrected chi connectivity index (χ3v) is 6.84. The molecule has 3 aromatic rings. The zero-order valence-electron chi connectivity index (χ0n) is 16.2. The van der Waals surface area contributed by atoms with E-state index in [1.165, 1.54) is 23.5 Å². The number of likely N-dealkylation sites (N-methyl/N-ethyl adjacent to an activating group) is 1. The molecule has 1 aromatic heterocycles. The Labute approximate surface area is 180 Å². The number of halogens is 1. The van der Waals surface area contributed by atoms with E-state index in [-0.39, 0.29) is 22.4 Å². The molecule has 30 heavy (non-hydrogen) atoms.